The quantitative estimate of drug-likeness (QED) is 0.270. The molecule has 1 N–H and O–H groups in total. The van der Waals surface area contributed by atoms with E-state index >= 15 is 0 Å². The maximum Gasteiger partial charge on any atom is 0.416 e. The van der Waals surface area contributed by atoms with Gasteiger partial charge in [0.15, 0.2) is 5.65 Å². The summed E-state index contributed by atoms with van der Waals surface area (Å²) in [5.74, 6) is 1.67. The summed E-state index contributed by atoms with van der Waals surface area (Å²) in [6, 6.07) is 12.1. The summed E-state index contributed by atoms with van der Waals surface area (Å²) in [5.41, 5.74) is 2.37. The molecule has 3 rings (SSSR count). The first-order chi connectivity index (χ1) is 17.2. The van der Waals surface area contributed by atoms with E-state index in [4.69, 9.17) is 9.72 Å². The van der Waals surface area contributed by atoms with Crippen molar-refractivity contribution in [3.05, 3.63) is 53.7 Å². The van der Waals surface area contributed by atoms with Gasteiger partial charge in [-0.3, -0.25) is 4.90 Å². The van der Waals surface area contributed by atoms with Gasteiger partial charge in [0, 0.05) is 24.7 Å². The average Bonchev–Trinajstić information content (AvgIpc) is 3.25. The second-order valence-electron chi connectivity index (χ2n) is 10.7. The molecule has 0 unspecified atom stereocenters. The van der Waals surface area contributed by atoms with Crippen LogP contribution in [0.5, 0.6) is 0 Å². The summed E-state index contributed by atoms with van der Waals surface area (Å²) in [6.07, 6.45) is 8.20. The number of anilines is 2. The molecule has 2 heterocycles. The Morgan fingerprint density at radius 1 is 1.11 bits per heavy atom. The lowest BCUT2D eigenvalue weighted by molar-refractivity contribution is 0.0579. The molecule has 0 saturated heterocycles. The number of nitrogens with one attached hydrogen (secondary N) is 1. The van der Waals surface area contributed by atoms with Gasteiger partial charge in [0.05, 0.1) is 6.20 Å². The summed E-state index contributed by atoms with van der Waals surface area (Å²) in [4.78, 5) is 20.0. The summed E-state index contributed by atoms with van der Waals surface area (Å²) in [6.45, 7) is 13.5. The summed E-state index contributed by atoms with van der Waals surface area (Å²) in [5, 5.41) is 8.14. The first-order valence-electron chi connectivity index (χ1n) is 13.4. The van der Waals surface area contributed by atoms with Crippen molar-refractivity contribution >= 4 is 23.4 Å². The van der Waals surface area contributed by atoms with E-state index in [1.54, 1.807) is 9.42 Å². The lowest BCUT2D eigenvalue weighted by Gasteiger charge is -2.28. The zero-order valence-electron chi connectivity index (χ0n) is 22.9. The van der Waals surface area contributed by atoms with E-state index in [9.17, 15) is 4.79 Å². The Morgan fingerprint density at radius 2 is 1.83 bits per heavy atom. The standard InChI is InChI=1S/C29H43N5O2/c1-7-8-9-10-14-18-30-25-20-26(34-27(32-25)24(21-31-34)22(2)3)33(28(35)36-29(4,5)6)19-17-23-15-12-11-13-16-23/h11-13,15-16,20-22H,7-10,14,17-19H2,1-6H3,(H,30,32). The van der Waals surface area contributed by atoms with E-state index in [0.717, 1.165) is 35.6 Å². The molecule has 0 saturated carbocycles. The Bertz CT molecular complexity index is 1100. The SMILES string of the molecule is CCCCCCCNc1cc(N(CCc2ccccc2)C(=O)OC(C)(C)C)n2ncc(C(C)C)c2n1. The van der Waals surface area contributed by atoms with Gasteiger partial charge in [0.2, 0.25) is 0 Å². The number of rotatable bonds is 12. The van der Waals surface area contributed by atoms with Crippen LogP contribution in [-0.4, -0.2) is 39.4 Å². The van der Waals surface area contributed by atoms with Gasteiger partial charge in [0.25, 0.3) is 0 Å². The molecular weight excluding hydrogens is 450 g/mol. The zero-order valence-corrected chi connectivity index (χ0v) is 22.9. The number of hydrogen-bond acceptors (Lipinski definition) is 5. The third-order valence-corrected chi connectivity index (χ3v) is 6.05. The second kappa shape index (κ2) is 12.7. The molecule has 0 fully saturated rings. The highest BCUT2D eigenvalue weighted by molar-refractivity contribution is 5.88. The fourth-order valence-electron chi connectivity index (χ4n) is 4.10. The lowest BCUT2D eigenvalue weighted by atomic mass is 10.1. The Morgan fingerprint density at radius 3 is 2.50 bits per heavy atom. The van der Waals surface area contributed by atoms with Crippen LogP contribution < -0.4 is 10.2 Å². The van der Waals surface area contributed by atoms with Crippen molar-refractivity contribution in [2.75, 3.05) is 23.3 Å². The second-order valence-corrected chi connectivity index (χ2v) is 10.7. The number of unbranched alkanes of at least 4 members (excludes halogenated alkanes) is 4. The van der Waals surface area contributed by atoms with Crippen molar-refractivity contribution in [1.29, 1.82) is 0 Å². The monoisotopic (exact) mass is 493 g/mol. The van der Waals surface area contributed by atoms with Crippen molar-refractivity contribution in [3.63, 3.8) is 0 Å². The summed E-state index contributed by atoms with van der Waals surface area (Å²) < 4.78 is 7.60. The van der Waals surface area contributed by atoms with Crippen molar-refractivity contribution in [2.24, 2.45) is 0 Å². The smallest absolute Gasteiger partial charge is 0.416 e. The molecule has 7 nitrogen and oxygen atoms in total. The third kappa shape index (κ3) is 7.70. The van der Waals surface area contributed by atoms with Gasteiger partial charge in [-0.25, -0.2) is 9.78 Å². The minimum atomic E-state index is -0.610. The minimum absolute atomic E-state index is 0.256. The Kier molecular flexibility index (Phi) is 9.73. The van der Waals surface area contributed by atoms with Gasteiger partial charge in [-0.15, -0.1) is 0 Å². The molecule has 0 atom stereocenters. The number of fused-ring (bicyclic) bond motifs is 1. The molecule has 36 heavy (non-hydrogen) atoms. The number of carbonyl (C=O) groups is 1. The number of aromatic nitrogens is 3. The van der Waals surface area contributed by atoms with E-state index in [1.165, 1.54) is 25.7 Å². The molecule has 0 aliphatic heterocycles. The van der Waals surface area contributed by atoms with Crippen LogP contribution in [0.3, 0.4) is 0 Å². The highest BCUT2D eigenvalue weighted by Crippen LogP contribution is 2.27. The number of ether oxygens (including phenoxy) is 1. The van der Waals surface area contributed by atoms with Gasteiger partial charge in [-0.1, -0.05) is 76.8 Å². The number of amides is 1. The Labute approximate surface area is 216 Å². The third-order valence-electron chi connectivity index (χ3n) is 6.05. The lowest BCUT2D eigenvalue weighted by Crippen LogP contribution is -2.39. The first kappa shape index (κ1) is 27.5. The number of hydrogen-bond donors (Lipinski definition) is 1. The van der Waals surface area contributed by atoms with Crippen molar-refractivity contribution in [2.45, 2.75) is 91.6 Å². The van der Waals surface area contributed by atoms with Gasteiger partial charge in [-0.2, -0.15) is 9.61 Å². The molecule has 1 amide bonds. The van der Waals surface area contributed by atoms with E-state index in [-0.39, 0.29) is 5.92 Å². The van der Waals surface area contributed by atoms with Crippen molar-refractivity contribution < 1.29 is 9.53 Å². The molecule has 0 aliphatic carbocycles. The average molecular weight is 494 g/mol. The Hall–Kier alpha value is -3.09. The van der Waals surface area contributed by atoms with Crippen LogP contribution in [0.1, 0.15) is 90.7 Å². The topological polar surface area (TPSA) is 71.8 Å². The Balaban J connectivity index is 1.96. The molecule has 3 aromatic rings. The van der Waals surface area contributed by atoms with E-state index in [2.05, 4.69) is 43.3 Å². The summed E-state index contributed by atoms with van der Waals surface area (Å²) in [7, 11) is 0. The predicted octanol–water partition coefficient (Wildman–Crippen LogP) is 7.22. The van der Waals surface area contributed by atoms with Gasteiger partial charge >= 0.3 is 6.09 Å². The van der Waals surface area contributed by atoms with Crippen LogP contribution in [0.2, 0.25) is 0 Å². The van der Waals surface area contributed by atoms with Crippen LogP contribution in [-0.2, 0) is 11.2 Å². The van der Waals surface area contributed by atoms with Crippen LogP contribution in [0.4, 0.5) is 16.4 Å². The van der Waals surface area contributed by atoms with E-state index < -0.39 is 11.7 Å². The fraction of sp³-hybridized carbons (Fsp3) is 0.552. The molecule has 7 heteroatoms. The van der Waals surface area contributed by atoms with Crippen LogP contribution >= 0.6 is 0 Å². The molecule has 1 aromatic carbocycles. The fourth-order valence-corrected chi connectivity index (χ4v) is 4.10. The van der Waals surface area contributed by atoms with Crippen LogP contribution in [0.25, 0.3) is 5.65 Å². The van der Waals surface area contributed by atoms with Crippen molar-refractivity contribution in [3.8, 4) is 0 Å². The van der Waals surface area contributed by atoms with Gasteiger partial charge in [0.1, 0.15) is 17.2 Å². The normalized spacial score (nSPS) is 11.8. The van der Waals surface area contributed by atoms with Gasteiger partial charge in [-0.05, 0) is 45.1 Å². The van der Waals surface area contributed by atoms with Crippen LogP contribution in [0, 0.1) is 0 Å². The van der Waals surface area contributed by atoms with Crippen molar-refractivity contribution in [1.82, 2.24) is 14.6 Å². The first-order valence-corrected chi connectivity index (χ1v) is 13.4. The number of nitrogens with zero attached hydrogens (tertiary/aromatic N) is 4. The largest absolute Gasteiger partial charge is 0.443 e. The molecule has 0 bridgehead atoms. The zero-order chi connectivity index (χ0) is 26.1. The molecular formula is C29H43N5O2. The molecule has 2 aromatic heterocycles. The predicted molar refractivity (Wildman–Crippen MR) is 148 cm³/mol. The number of carbonyl (C=O) groups excluding carboxylic acids is 1. The maximum atomic E-state index is 13.5. The molecule has 196 valence electrons. The molecule has 0 aliphatic rings. The molecule has 0 radical (unpaired) electrons. The highest BCUT2D eigenvalue weighted by Gasteiger charge is 2.27. The van der Waals surface area contributed by atoms with Crippen LogP contribution in [0.15, 0.2) is 42.6 Å². The van der Waals surface area contributed by atoms with Gasteiger partial charge < -0.3 is 10.1 Å². The van der Waals surface area contributed by atoms with E-state index in [1.807, 2.05) is 51.2 Å². The maximum absolute atomic E-state index is 13.5. The number of benzene rings is 1. The molecule has 0 spiro atoms. The highest BCUT2D eigenvalue weighted by atomic mass is 16.6. The van der Waals surface area contributed by atoms with E-state index in [0.29, 0.717) is 18.8 Å². The minimum Gasteiger partial charge on any atom is -0.443 e. The summed E-state index contributed by atoms with van der Waals surface area (Å²) >= 11 is 0.